The molecule has 2 atom stereocenters. The molecule has 0 saturated carbocycles. The molecule has 1 heterocycles. The number of dihydropyridines is 1. The quantitative estimate of drug-likeness (QED) is 0.462. The SMILES string of the molecule is CCOc1cc(C2C(C(=O)OC(C)C)=C(C)NC3=C2C(=O)CC(c2ccc(OC)c(OC)c2)C3)ccc1O. The highest BCUT2D eigenvalue weighted by molar-refractivity contribution is 6.04. The van der Waals surface area contributed by atoms with Gasteiger partial charge in [0.15, 0.2) is 28.8 Å². The van der Waals surface area contributed by atoms with Crippen LogP contribution in [0.25, 0.3) is 0 Å². The van der Waals surface area contributed by atoms with Crippen LogP contribution in [0.2, 0.25) is 0 Å². The predicted octanol–water partition coefficient (Wildman–Crippen LogP) is 5.12. The minimum Gasteiger partial charge on any atom is -0.504 e. The van der Waals surface area contributed by atoms with Crippen LogP contribution in [0, 0.1) is 0 Å². The van der Waals surface area contributed by atoms with Crippen molar-refractivity contribution in [3.8, 4) is 23.0 Å². The first kappa shape index (κ1) is 27.1. The molecule has 38 heavy (non-hydrogen) atoms. The van der Waals surface area contributed by atoms with E-state index in [4.69, 9.17) is 18.9 Å². The number of ether oxygens (including phenoxy) is 4. The zero-order valence-electron chi connectivity index (χ0n) is 22.7. The number of hydrogen-bond acceptors (Lipinski definition) is 8. The van der Waals surface area contributed by atoms with Crippen molar-refractivity contribution in [2.75, 3.05) is 20.8 Å². The van der Waals surface area contributed by atoms with E-state index in [-0.39, 0.29) is 30.0 Å². The lowest BCUT2D eigenvalue weighted by atomic mass is 9.71. The molecule has 0 spiro atoms. The van der Waals surface area contributed by atoms with Gasteiger partial charge in [-0.1, -0.05) is 12.1 Å². The molecule has 0 bridgehead atoms. The van der Waals surface area contributed by atoms with Crippen LogP contribution in [-0.2, 0) is 14.3 Å². The van der Waals surface area contributed by atoms with Gasteiger partial charge in [-0.15, -0.1) is 0 Å². The number of methoxy groups -OCH3 is 2. The van der Waals surface area contributed by atoms with Crippen molar-refractivity contribution in [2.24, 2.45) is 0 Å². The second-order valence-electron chi connectivity index (χ2n) is 9.75. The van der Waals surface area contributed by atoms with Crippen molar-refractivity contribution in [3.63, 3.8) is 0 Å². The van der Waals surface area contributed by atoms with Gasteiger partial charge in [-0.3, -0.25) is 4.79 Å². The molecule has 0 aromatic heterocycles. The van der Waals surface area contributed by atoms with Crippen LogP contribution >= 0.6 is 0 Å². The molecule has 2 aliphatic rings. The maximum atomic E-state index is 13.8. The van der Waals surface area contributed by atoms with Crippen molar-refractivity contribution in [3.05, 3.63) is 70.1 Å². The van der Waals surface area contributed by atoms with Gasteiger partial charge in [0.25, 0.3) is 0 Å². The highest BCUT2D eigenvalue weighted by atomic mass is 16.5. The van der Waals surface area contributed by atoms with Gasteiger partial charge >= 0.3 is 5.97 Å². The molecule has 0 fully saturated rings. The smallest absolute Gasteiger partial charge is 0.337 e. The summed E-state index contributed by atoms with van der Waals surface area (Å²) in [6.45, 7) is 7.59. The molecule has 8 heteroatoms. The summed E-state index contributed by atoms with van der Waals surface area (Å²) in [6, 6.07) is 10.7. The highest BCUT2D eigenvalue weighted by Gasteiger charge is 2.42. The molecule has 2 aromatic carbocycles. The molecular formula is C30H35NO7. The number of esters is 1. The standard InChI is InChI=1S/C30H35NO7/c1-7-37-25-15-19(8-10-22(25)32)28-27(30(34)38-16(2)3)17(4)31-21-12-20(13-23(33)29(21)28)18-9-11-24(35-5)26(14-18)36-6/h8-11,14-16,20,28,31-32H,7,12-13H2,1-6H3. The summed E-state index contributed by atoms with van der Waals surface area (Å²) in [5.74, 6) is 0.244. The van der Waals surface area contributed by atoms with Crippen molar-refractivity contribution in [1.82, 2.24) is 5.32 Å². The number of benzene rings is 2. The Kier molecular flexibility index (Phi) is 7.99. The normalized spacial score (nSPS) is 19.2. The molecule has 0 amide bonds. The average molecular weight is 522 g/mol. The van der Waals surface area contributed by atoms with E-state index in [2.05, 4.69) is 5.32 Å². The van der Waals surface area contributed by atoms with E-state index in [1.807, 2.05) is 32.0 Å². The van der Waals surface area contributed by atoms with Crippen molar-refractivity contribution in [2.45, 2.75) is 58.5 Å². The maximum Gasteiger partial charge on any atom is 0.337 e. The third-order valence-corrected chi connectivity index (χ3v) is 6.89. The van der Waals surface area contributed by atoms with Crippen molar-refractivity contribution < 1.29 is 33.6 Å². The van der Waals surface area contributed by atoms with Gasteiger partial charge in [0.05, 0.1) is 32.5 Å². The Bertz CT molecular complexity index is 1310. The predicted molar refractivity (Wildman–Crippen MR) is 143 cm³/mol. The summed E-state index contributed by atoms with van der Waals surface area (Å²) in [6.07, 6.45) is 0.524. The zero-order valence-corrected chi connectivity index (χ0v) is 22.7. The van der Waals surface area contributed by atoms with Gasteiger partial charge in [-0.05, 0) is 75.4 Å². The Hall–Kier alpha value is -3.94. The second kappa shape index (κ2) is 11.2. The minimum atomic E-state index is -0.656. The van der Waals surface area contributed by atoms with Gasteiger partial charge in [-0.2, -0.15) is 0 Å². The lowest BCUT2D eigenvalue weighted by molar-refractivity contribution is -0.143. The monoisotopic (exact) mass is 521 g/mol. The summed E-state index contributed by atoms with van der Waals surface area (Å²) in [5.41, 5.74) is 3.96. The van der Waals surface area contributed by atoms with Crippen molar-refractivity contribution in [1.29, 1.82) is 0 Å². The molecule has 202 valence electrons. The number of phenols is 1. The molecule has 8 nitrogen and oxygen atoms in total. The van der Waals surface area contributed by atoms with Gasteiger partial charge in [0.1, 0.15) is 0 Å². The van der Waals surface area contributed by atoms with Crippen LogP contribution in [0.3, 0.4) is 0 Å². The summed E-state index contributed by atoms with van der Waals surface area (Å²) < 4.78 is 22.0. The molecule has 0 saturated heterocycles. The fourth-order valence-corrected chi connectivity index (χ4v) is 5.24. The first-order valence-corrected chi connectivity index (χ1v) is 12.8. The van der Waals surface area contributed by atoms with Gasteiger partial charge in [0, 0.05) is 29.3 Å². The Morgan fingerprint density at radius 2 is 1.71 bits per heavy atom. The largest absolute Gasteiger partial charge is 0.504 e. The fourth-order valence-electron chi connectivity index (χ4n) is 5.24. The third kappa shape index (κ3) is 5.21. The fraction of sp³-hybridized carbons (Fsp3) is 0.400. The molecule has 1 aliphatic carbocycles. The number of aromatic hydroxyl groups is 1. The zero-order chi connectivity index (χ0) is 27.6. The second-order valence-corrected chi connectivity index (χ2v) is 9.75. The summed E-state index contributed by atoms with van der Waals surface area (Å²) in [5, 5.41) is 13.7. The first-order valence-electron chi connectivity index (χ1n) is 12.8. The lowest BCUT2D eigenvalue weighted by Gasteiger charge is -2.37. The van der Waals surface area contributed by atoms with Crippen LogP contribution in [0.1, 0.15) is 63.5 Å². The lowest BCUT2D eigenvalue weighted by Crippen LogP contribution is -2.36. The van der Waals surface area contributed by atoms with Crippen LogP contribution < -0.4 is 19.5 Å². The Morgan fingerprint density at radius 1 is 1.03 bits per heavy atom. The molecule has 1 aliphatic heterocycles. The van der Waals surface area contributed by atoms with E-state index in [0.717, 1.165) is 11.3 Å². The third-order valence-electron chi connectivity index (χ3n) is 6.89. The van der Waals surface area contributed by atoms with Crippen LogP contribution in [-0.4, -0.2) is 43.8 Å². The Balaban J connectivity index is 1.80. The Labute approximate surface area is 223 Å². The number of allylic oxidation sites excluding steroid dienone is 3. The van der Waals surface area contributed by atoms with E-state index in [0.29, 0.717) is 52.7 Å². The number of ketones is 1. The molecule has 0 radical (unpaired) electrons. The summed E-state index contributed by atoms with van der Waals surface area (Å²) in [7, 11) is 3.17. The van der Waals surface area contributed by atoms with Gasteiger partial charge < -0.3 is 29.4 Å². The minimum absolute atomic E-state index is 0.00534. The van der Waals surface area contributed by atoms with E-state index in [1.54, 1.807) is 40.2 Å². The van der Waals surface area contributed by atoms with Gasteiger partial charge in [0.2, 0.25) is 0 Å². The summed E-state index contributed by atoms with van der Waals surface area (Å²) >= 11 is 0. The number of carbonyl (C=O) groups excluding carboxylic acids is 2. The number of nitrogens with one attached hydrogen (secondary N) is 1. The van der Waals surface area contributed by atoms with Gasteiger partial charge in [-0.25, -0.2) is 4.79 Å². The van der Waals surface area contributed by atoms with Crippen LogP contribution in [0.5, 0.6) is 23.0 Å². The topological polar surface area (TPSA) is 103 Å². The first-order chi connectivity index (χ1) is 18.2. The van der Waals surface area contributed by atoms with E-state index >= 15 is 0 Å². The van der Waals surface area contributed by atoms with E-state index in [1.165, 1.54) is 6.07 Å². The molecular weight excluding hydrogens is 486 g/mol. The number of carbonyl (C=O) groups is 2. The summed E-state index contributed by atoms with van der Waals surface area (Å²) in [4.78, 5) is 27.2. The molecule has 2 unspecified atom stereocenters. The molecule has 4 rings (SSSR count). The van der Waals surface area contributed by atoms with Crippen LogP contribution in [0.15, 0.2) is 58.9 Å². The number of Topliss-reactive ketones (excluding diaryl/α,β-unsaturated/α-hetero) is 1. The Morgan fingerprint density at radius 3 is 2.37 bits per heavy atom. The number of rotatable bonds is 8. The van der Waals surface area contributed by atoms with Crippen LogP contribution in [0.4, 0.5) is 0 Å². The average Bonchev–Trinajstić information content (AvgIpc) is 2.88. The maximum absolute atomic E-state index is 13.8. The van der Waals surface area contributed by atoms with E-state index < -0.39 is 11.9 Å². The van der Waals surface area contributed by atoms with Crippen molar-refractivity contribution >= 4 is 11.8 Å². The molecule has 2 aromatic rings. The molecule has 2 N–H and O–H groups in total. The number of phenolic OH excluding ortho intramolecular Hbond substituents is 1. The van der Waals surface area contributed by atoms with E-state index in [9.17, 15) is 14.7 Å². The highest BCUT2D eigenvalue weighted by Crippen LogP contribution is 2.47. The number of hydrogen-bond donors (Lipinski definition) is 2.